The van der Waals surface area contributed by atoms with Crippen LogP contribution in [0.15, 0.2) is 48.9 Å². The van der Waals surface area contributed by atoms with Gasteiger partial charge in [-0.25, -0.2) is 14.4 Å². The molecule has 4 rings (SSSR count). The average Bonchev–Trinajstić information content (AvgIpc) is 2.87. The van der Waals surface area contributed by atoms with E-state index in [2.05, 4.69) is 31.7 Å². The van der Waals surface area contributed by atoms with Crippen molar-refractivity contribution in [3.63, 3.8) is 0 Å². The van der Waals surface area contributed by atoms with Gasteiger partial charge in [0.2, 0.25) is 5.82 Å². The van der Waals surface area contributed by atoms with Crippen molar-refractivity contribution in [1.82, 2.24) is 19.9 Å². The molecule has 3 aromatic rings. The van der Waals surface area contributed by atoms with E-state index in [1.807, 2.05) is 18.2 Å². The summed E-state index contributed by atoms with van der Waals surface area (Å²) < 4.78 is 20.6. The van der Waals surface area contributed by atoms with Crippen LogP contribution in [0.3, 0.4) is 0 Å². The fourth-order valence-corrected chi connectivity index (χ4v) is 4.54. The van der Waals surface area contributed by atoms with Crippen molar-refractivity contribution in [3.05, 3.63) is 60.3 Å². The zero-order chi connectivity index (χ0) is 23.0. The van der Waals surface area contributed by atoms with Gasteiger partial charge in [-0.05, 0) is 79.5 Å². The minimum absolute atomic E-state index is 0.0999. The molecule has 0 spiro atoms. The summed E-state index contributed by atoms with van der Waals surface area (Å²) >= 11 is 0. The van der Waals surface area contributed by atoms with E-state index in [0.717, 1.165) is 36.8 Å². The third kappa shape index (κ3) is 5.84. The number of piperidine rings is 1. The summed E-state index contributed by atoms with van der Waals surface area (Å²) in [5, 5.41) is 10.8. The molecule has 3 heterocycles. The number of aromatic nitrogens is 3. The highest BCUT2D eigenvalue weighted by Crippen LogP contribution is 2.35. The molecule has 1 aliphatic heterocycles. The molecule has 1 saturated heterocycles. The molecule has 6 nitrogen and oxygen atoms in total. The number of nitrogens with zero attached hydrogens (tertiary/aromatic N) is 4. The number of likely N-dealkylation sites (tertiary alicyclic amines) is 1. The molecule has 172 valence electrons. The Morgan fingerprint density at radius 3 is 2.82 bits per heavy atom. The largest absolute Gasteiger partial charge is 0.497 e. The normalized spacial score (nSPS) is 19.6. The highest BCUT2D eigenvalue weighted by Gasteiger charge is 2.29. The summed E-state index contributed by atoms with van der Waals surface area (Å²) in [5.74, 6) is 7.72. The summed E-state index contributed by atoms with van der Waals surface area (Å²) in [4.78, 5) is 14.8. The van der Waals surface area contributed by atoms with Crippen LogP contribution in [-0.2, 0) is 0 Å². The van der Waals surface area contributed by atoms with Gasteiger partial charge in [0.25, 0.3) is 0 Å². The first-order valence-corrected chi connectivity index (χ1v) is 11.3. The van der Waals surface area contributed by atoms with Crippen LogP contribution < -0.4 is 4.74 Å². The van der Waals surface area contributed by atoms with E-state index in [1.165, 1.54) is 0 Å². The highest BCUT2D eigenvalue weighted by molar-refractivity contribution is 5.83. The Morgan fingerprint density at radius 1 is 1.18 bits per heavy atom. The van der Waals surface area contributed by atoms with Gasteiger partial charge in [-0.3, -0.25) is 9.88 Å². The van der Waals surface area contributed by atoms with Gasteiger partial charge in [0, 0.05) is 37.1 Å². The molecule has 2 aromatic heterocycles. The fraction of sp³-hybridized carbons (Fsp3) is 0.423. The van der Waals surface area contributed by atoms with E-state index in [4.69, 9.17) is 4.74 Å². The van der Waals surface area contributed by atoms with Crippen molar-refractivity contribution < 1.29 is 14.2 Å². The summed E-state index contributed by atoms with van der Waals surface area (Å²) in [6, 6.07) is 9.06. The maximum atomic E-state index is 15.3. The number of methoxy groups -OCH3 is 1. The summed E-state index contributed by atoms with van der Waals surface area (Å²) in [7, 11) is 1.60. The van der Waals surface area contributed by atoms with E-state index in [-0.39, 0.29) is 18.4 Å². The molecule has 7 heteroatoms. The number of aliphatic hydroxyl groups is 1. The van der Waals surface area contributed by atoms with Crippen LogP contribution in [0, 0.1) is 23.7 Å². The molecule has 0 saturated carbocycles. The number of ether oxygens (including phenoxy) is 1. The van der Waals surface area contributed by atoms with Crippen molar-refractivity contribution >= 4 is 10.9 Å². The number of pyridine rings is 1. The zero-order valence-electron chi connectivity index (χ0n) is 18.8. The van der Waals surface area contributed by atoms with Crippen LogP contribution in [0.1, 0.15) is 36.8 Å². The number of hydrogen-bond donors (Lipinski definition) is 1. The fourth-order valence-electron chi connectivity index (χ4n) is 4.54. The molecule has 0 radical (unpaired) electrons. The second-order valence-corrected chi connectivity index (χ2v) is 8.43. The predicted octanol–water partition coefficient (Wildman–Crippen LogP) is 3.81. The molecular weight excluding hydrogens is 419 g/mol. The van der Waals surface area contributed by atoms with Crippen molar-refractivity contribution in [2.45, 2.75) is 25.4 Å². The minimum atomic E-state index is -1.09. The predicted molar refractivity (Wildman–Crippen MR) is 125 cm³/mol. The number of alkyl halides is 1. The van der Waals surface area contributed by atoms with Gasteiger partial charge in [-0.1, -0.05) is 5.92 Å². The number of halogens is 1. The maximum absolute atomic E-state index is 15.3. The average molecular weight is 449 g/mol. The lowest BCUT2D eigenvalue weighted by atomic mass is 9.81. The van der Waals surface area contributed by atoms with Crippen LogP contribution in [0.2, 0.25) is 0 Å². The molecule has 0 aliphatic carbocycles. The van der Waals surface area contributed by atoms with E-state index in [0.29, 0.717) is 30.1 Å². The summed E-state index contributed by atoms with van der Waals surface area (Å²) in [5.41, 5.74) is 1.41. The SMILES string of the molecule is COc1ccc2nccc(C(F)CC[C@@H]3CCN(CC#Cc4ncccn4)C[C@@H]3CO)c2c1. The third-order valence-corrected chi connectivity index (χ3v) is 6.39. The van der Waals surface area contributed by atoms with Gasteiger partial charge in [0.05, 0.1) is 19.2 Å². The lowest BCUT2D eigenvalue weighted by molar-refractivity contribution is 0.0708. The van der Waals surface area contributed by atoms with Gasteiger partial charge < -0.3 is 9.84 Å². The molecule has 1 N–H and O–H groups in total. The first kappa shape index (κ1) is 23.1. The van der Waals surface area contributed by atoms with Gasteiger partial charge in [0.1, 0.15) is 11.9 Å². The van der Waals surface area contributed by atoms with E-state index >= 15 is 4.39 Å². The smallest absolute Gasteiger partial charge is 0.204 e. The van der Waals surface area contributed by atoms with Gasteiger partial charge in [-0.15, -0.1) is 0 Å². The number of fused-ring (bicyclic) bond motifs is 1. The van der Waals surface area contributed by atoms with Crippen LogP contribution in [0.5, 0.6) is 5.75 Å². The minimum Gasteiger partial charge on any atom is -0.497 e. The molecule has 1 aliphatic rings. The molecule has 1 unspecified atom stereocenters. The van der Waals surface area contributed by atoms with E-state index in [9.17, 15) is 5.11 Å². The molecule has 3 atom stereocenters. The first-order chi connectivity index (χ1) is 16.2. The number of aliphatic hydroxyl groups excluding tert-OH is 1. The highest BCUT2D eigenvalue weighted by atomic mass is 19.1. The Bertz CT molecular complexity index is 1120. The number of hydrogen-bond acceptors (Lipinski definition) is 6. The molecule has 0 amide bonds. The summed E-state index contributed by atoms with van der Waals surface area (Å²) in [6.45, 7) is 2.36. The van der Waals surface area contributed by atoms with Gasteiger partial charge in [-0.2, -0.15) is 0 Å². The van der Waals surface area contributed by atoms with Crippen molar-refractivity contribution in [3.8, 4) is 17.6 Å². The van der Waals surface area contributed by atoms with Crippen LogP contribution >= 0.6 is 0 Å². The van der Waals surface area contributed by atoms with Crippen molar-refractivity contribution in [1.29, 1.82) is 0 Å². The zero-order valence-corrected chi connectivity index (χ0v) is 18.8. The van der Waals surface area contributed by atoms with E-state index in [1.54, 1.807) is 37.8 Å². The Labute approximate surface area is 193 Å². The Kier molecular flexibility index (Phi) is 7.82. The quantitative estimate of drug-likeness (QED) is 0.555. The lowest BCUT2D eigenvalue weighted by Gasteiger charge is -2.37. The third-order valence-electron chi connectivity index (χ3n) is 6.39. The van der Waals surface area contributed by atoms with E-state index < -0.39 is 6.17 Å². The standard InChI is InChI=1S/C26H29FN4O2/c1-33-21-6-8-25-23(16-21)22(9-13-28-25)24(27)7-5-19-10-15-31(17-20(19)18-32)14-2-4-26-29-11-3-12-30-26/h3,6,8-9,11-13,16,19-20,24,32H,5,7,10,14-15,17-18H2,1H3/t19-,20-,24?/m1/s1. The Morgan fingerprint density at radius 2 is 2.03 bits per heavy atom. The van der Waals surface area contributed by atoms with Crippen LogP contribution in [-0.4, -0.2) is 58.3 Å². The molecule has 1 aromatic carbocycles. The van der Waals surface area contributed by atoms with Crippen LogP contribution in [0.25, 0.3) is 10.9 Å². The molecule has 0 bridgehead atoms. The Hall–Kier alpha value is -3.08. The number of benzene rings is 1. The van der Waals surface area contributed by atoms with Crippen molar-refractivity contribution in [2.24, 2.45) is 11.8 Å². The number of rotatable bonds is 7. The molecular formula is C26H29FN4O2. The maximum Gasteiger partial charge on any atom is 0.204 e. The van der Waals surface area contributed by atoms with Gasteiger partial charge >= 0.3 is 0 Å². The van der Waals surface area contributed by atoms with Gasteiger partial charge in [0.15, 0.2) is 0 Å². The Balaban J connectivity index is 1.34. The lowest BCUT2D eigenvalue weighted by Crippen LogP contribution is -2.42. The second kappa shape index (κ2) is 11.2. The van der Waals surface area contributed by atoms with Crippen molar-refractivity contribution in [2.75, 3.05) is 33.4 Å². The first-order valence-electron chi connectivity index (χ1n) is 11.3. The van der Waals surface area contributed by atoms with Crippen LogP contribution in [0.4, 0.5) is 4.39 Å². The monoisotopic (exact) mass is 448 g/mol. The molecule has 1 fully saturated rings. The topological polar surface area (TPSA) is 71.4 Å². The summed E-state index contributed by atoms with van der Waals surface area (Å²) in [6.07, 6.45) is 6.00. The molecule has 33 heavy (non-hydrogen) atoms. The second-order valence-electron chi connectivity index (χ2n) is 8.43.